The van der Waals surface area contributed by atoms with Gasteiger partial charge in [0.05, 0.1) is 11.3 Å². The molecule has 0 aromatic heterocycles. The number of rotatable bonds is 16. The Kier molecular flexibility index (Phi) is 16.4. The number of nitro groups is 1. The molecular weight excluding hydrogens is 302 g/mol. The first-order valence-corrected chi connectivity index (χ1v) is 9.20. The summed E-state index contributed by atoms with van der Waals surface area (Å²) in [6, 6.07) is 0. The van der Waals surface area contributed by atoms with E-state index in [0.717, 1.165) is 19.3 Å². The van der Waals surface area contributed by atoms with Crippen molar-refractivity contribution in [1.82, 2.24) is 0 Å². The van der Waals surface area contributed by atoms with E-state index in [1.54, 1.807) is 12.2 Å². The molecule has 0 bridgehead atoms. The zero-order valence-corrected chi connectivity index (χ0v) is 15.0. The molecule has 4 nitrogen and oxygen atoms in total. The molecule has 0 aliphatic heterocycles. The maximum atomic E-state index is 11.0. The van der Waals surface area contributed by atoms with E-state index in [1.165, 1.54) is 38.5 Å². The fraction of sp³-hybridized carbons (Fsp3) is 0.650. The first-order chi connectivity index (χ1) is 11.7. The van der Waals surface area contributed by atoms with E-state index in [1.807, 2.05) is 18.4 Å². The molecule has 0 N–H and O–H groups in total. The summed E-state index contributed by atoms with van der Waals surface area (Å²) < 4.78 is 0. The second-order valence-electron chi connectivity index (χ2n) is 5.93. The minimum atomic E-state index is -0.314. The molecule has 0 saturated carbocycles. The highest BCUT2D eigenvalue weighted by molar-refractivity contribution is 5.50. The van der Waals surface area contributed by atoms with Gasteiger partial charge in [-0.25, -0.2) is 0 Å². The summed E-state index contributed by atoms with van der Waals surface area (Å²) in [4.78, 5) is 20.7. The largest absolute Gasteiger partial charge is 0.291 e. The average molecular weight is 334 g/mol. The van der Waals surface area contributed by atoms with Crippen LogP contribution in [0.1, 0.15) is 84.0 Å². The molecule has 4 heteroatoms. The first kappa shape index (κ1) is 22.3. The van der Waals surface area contributed by atoms with Crippen molar-refractivity contribution < 1.29 is 9.72 Å². The summed E-state index contributed by atoms with van der Waals surface area (Å²) in [5.74, 6) is 0. The predicted molar refractivity (Wildman–Crippen MR) is 100 cm³/mol. The molecule has 0 aromatic rings. The van der Waals surface area contributed by atoms with Crippen LogP contribution in [0.15, 0.2) is 36.1 Å². The van der Waals surface area contributed by atoms with E-state index in [0.29, 0.717) is 19.3 Å². The van der Waals surface area contributed by atoms with Gasteiger partial charge in [-0.05, 0) is 38.2 Å². The molecule has 135 valence electrons. The molecule has 0 heterocycles. The highest BCUT2D eigenvalue weighted by Crippen LogP contribution is 2.09. The normalized spacial score (nSPS) is 12.3. The minimum absolute atomic E-state index is 0.234. The summed E-state index contributed by atoms with van der Waals surface area (Å²) in [6.45, 7) is 2.22. The Morgan fingerprint density at radius 1 is 0.958 bits per heavy atom. The number of nitrogens with zero attached hydrogens (tertiary/aromatic N) is 1. The Morgan fingerprint density at radius 2 is 1.62 bits per heavy atom. The highest BCUT2D eigenvalue weighted by atomic mass is 16.6. The summed E-state index contributed by atoms with van der Waals surface area (Å²) >= 11 is 0. The lowest BCUT2D eigenvalue weighted by Gasteiger charge is -1.97. The molecule has 1 radical (unpaired) electrons. The van der Waals surface area contributed by atoms with E-state index in [4.69, 9.17) is 0 Å². The summed E-state index contributed by atoms with van der Waals surface area (Å²) in [5, 5.41) is 11.0. The fourth-order valence-electron chi connectivity index (χ4n) is 2.31. The molecule has 0 unspecified atom stereocenters. The lowest BCUT2D eigenvalue weighted by molar-refractivity contribution is -0.427. The molecule has 24 heavy (non-hydrogen) atoms. The predicted octanol–water partition coefficient (Wildman–Crippen LogP) is 6.07. The molecule has 0 amide bonds. The Hall–Kier alpha value is -1.71. The topological polar surface area (TPSA) is 60.2 Å². The molecule has 0 aliphatic rings. The van der Waals surface area contributed by atoms with Gasteiger partial charge in [-0.2, -0.15) is 0 Å². The van der Waals surface area contributed by atoms with Crippen LogP contribution in [-0.2, 0) is 4.79 Å². The van der Waals surface area contributed by atoms with Crippen LogP contribution >= 0.6 is 0 Å². The number of hydrogen-bond acceptors (Lipinski definition) is 3. The molecular formula is C20H32NO3. The fourth-order valence-corrected chi connectivity index (χ4v) is 2.31. The Balaban J connectivity index is 3.88. The molecule has 0 atom stereocenters. The maximum absolute atomic E-state index is 11.0. The standard InChI is InChI=1S/C20H32NO3/c1-2-3-4-5-6-7-8-9-11-14-17-20(21(23)24)18-15-12-10-13-16-19-22/h9,11-12,15,17H,2-8,10,13-14,16,18H2,1H3/b11-9-,15-12-,20-17+. The van der Waals surface area contributed by atoms with Gasteiger partial charge < -0.3 is 0 Å². The third-order valence-electron chi connectivity index (χ3n) is 3.76. The van der Waals surface area contributed by atoms with Crippen LogP contribution in [0, 0.1) is 10.1 Å². The summed E-state index contributed by atoms with van der Waals surface area (Å²) in [6.07, 6.45) is 23.0. The minimum Gasteiger partial charge on any atom is -0.291 e. The van der Waals surface area contributed by atoms with E-state index in [9.17, 15) is 14.9 Å². The van der Waals surface area contributed by atoms with Crippen LogP contribution in [0.25, 0.3) is 0 Å². The van der Waals surface area contributed by atoms with Crippen molar-refractivity contribution in [2.24, 2.45) is 0 Å². The third-order valence-corrected chi connectivity index (χ3v) is 3.76. The van der Waals surface area contributed by atoms with E-state index < -0.39 is 0 Å². The molecule has 0 saturated heterocycles. The molecule has 0 rings (SSSR count). The highest BCUT2D eigenvalue weighted by Gasteiger charge is 2.06. The molecule has 0 fully saturated rings. The first-order valence-electron chi connectivity index (χ1n) is 9.20. The zero-order chi connectivity index (χ0) is 17.9. The van der Waals surface area contributed by atoms with Gasteiger partial charge >= 0.3 is 0 Å². The summed E-state index contributed by atoms with van der Waals surface area (Å²) in [7, 11) is 0. The maximum Gasteiger partial charge on any atom is 0.246 e. The van der Waals surface area contributed by atoms with Crippen LogP contribution < -0.4 is 0 Å². The van der Waals surface area contributed by atoms with Gasteiger partial charge in [-0.15, -0.1) is 0 Å². The van der Waals surface area contributed by atoms with Gasteiger partial charge in [0, 0.05) is 6.42 Å². The Labute approximate surface area is 146 Å². The van der Waals surface area contributed by atoms with Crippen LogP contribution in [0.2, 0.25) is 0 Å². The van der Waals surface area contributed by atoms with Gasteiger partial charge in [0.25, 0.3) is 0 Å². The zero-order valence-electron chi connectivity index (χ0n) is 15.0. The number of hydrogen-bond donors (Lipinski definition) is 0. The van der Waals surface area contributed by atoms with Crippen molar-refractivity contribution >= 4 is 6.29 Å². The molecule has 0 spiro atoms. The van der Waals surface area contributed by atoms with Crippen molar-refractivity contribution in [2.75, 3.05) is 0 Å². The van der Waals surface area contributed by atoms with Crippen molar-refractivity contribution in [3.05, 3.63) is 46.2 Å². The second kappa shape index (κ2) is 17.6. The van der Waals surface area contributed by atoms with E-state index >= 15 is 0 Å². The monoisotopic (exact) mass is 334 g/mol. The number of carbonyl (C=O) groups excluding carboxylic acids is 1. The molecule has 0 aromatic carbocycles. The van der Waals surface area contributed by atoms with Crippen molar-refractivity contribution in [2.45, 2.75) is 84.0 Å². The van der Waals surface area contributed by atoms with Gasteiger partial charge in [0.15, 0.2) is 6.29 Å². The Bertz CT molecular complexity index is 411. The van der Waals surface area contributed by atoms with Crippen LogP contribution in [0.3, 0.4) is 0 Å². The number of allylic oxidation sites excluding steroid dienone is 5. The third kappa shape index (κ3) is 15.2. The van der Waals surface area contributed by atoms with Gasteiger partial charge in [-0.1, -0.05) is 63.3 Å². The lowest BCUT2D eigenvalue weighted by Crippen LogP contribution is -1.97. The SMILES string of the molecule is CCCCCCCC/C=C\C/C=C(\C/C=C\CCC[C]=O)[N+](=O)[O-]. The van der Waals surface area contributed by atoms with Crippen molar-refractivity contribution in [1.29, 1.82) is 0 Å². The quantitative estimate of drug-likeness (QED) is 0.149. The lowest BCUT2D eigenvalue weighted by atomic mass is 10.1. The smallest absolute Gasteiger partial charge is 0.246 e. The van der Waals surface area contributed by atoms with Crippen LogP contribution in [0.4, 0.5) is 0 Å². The van der Waals surface area contributed by atoms with E-state index in [2.05, 4.69) is 13.0 Å². The van der Waals surface area contributed by atoms with Gasteiger partial charge in [0.2, 0.25) is 5.70 Å². The van der Waals surface area contributed by atoms with Gasteiger partial charge in [-0.3, -0.25) is 14.9 Å². The van der Waals surface area contributed by atoms with Crippen molar-refractivity contribution in [3.63, 3.8) is 0 Å². The number of unbranched alkanes of at least 4 members (excludes halogenated alkanes) is 8. The van der Waals surface area contributed by atoms with Gasteiger partial charge in [0.1, 0.15) is 0 Å². The van der Waals surface area contributed by atoms with E-state index in [-0.39, 0.29) is 10.6 Å². The molecule has 0 aliphatic carbocycles. The second-order valence-corrected chi connectivity index (χ2v) is 5.93. The van der Waals surface area contributed by atoms with Crippen molar-refractivity contribution in [3.8, 4) is 0 Å². The average Bonchev–Trinajstić information content (AvgIpc) is 2.57. The summed E-state index contributed by atoms with van der Waals surface area (Å²) in [5.41, 5.74) is 0.234. The van der Waals surface area contributed by atoms with Crippen LogP contribution in [0.5, 0.6) is 0 Å². The Morgan fingerprint density at radius 3 is 2.33 bits per heavy atom. The van der Waals surface area contributed by atoms with Crippen LogP contribution in [-0.4, -0.2) is 11.2 Å².